The molecule has 1 heterocycles. The van der Waals surface area contributed by atoms with Gasteiger partial charge in [-0.3, -0.25) is 0 Å². The molecule has 1 nitrogen and oxygen atoms in total. The molecule has 0 aliphatic rings. The van der Waals surface area contributed by atoms with Crippen LogP contribution in [0.25, 0.3) is 0 Å². The zero-order chi connectivity index (χ0) is 12.8. The van der Waals surface area contributed by atoms with Crippen molar-refractivity contribution < 1.29 is 0 Å². The van der Waals surface area contributed by atoms with E-state index < -0.39 is 0 Å². The molecule has 1 atom stereocenters. The van der Waals surface area contributed by atoms with E-state index in [-0.39, 0.29) is 0 Å². The maximum atomic E-state index is 3.69. The van der Waals surface area contributed by atoms with E-state index >= 15 is 0 Å². The molecule has 0 saturated carbocycles. The van der Waals surface area contributed by atoms with Gasteiger partial charge in [0.1, 0.15) is 0 Å². The molecule has 18 heavy (non-hydrogen) atoms. The second kappa shape index (κ2) is 6.72. The Morgan fingerprint density at radius 2 is 1.94 bits per heavy atom. The highest BCUT2D eigenvalue weighted by atomic mass is 32.1. The number of aryl methyl sites for hydroxylation is 1. The summed E-state index contributed by atoms with van der Waals surface area (Å²) in [5.74, 6) is 0. The van der Waals surface area contributed by atoms with Gasteiger partial charge in [-0.25, -0.2) is 0 Å². The van der Waals surface area contributed by atoms with E-state index in [1.54, 1.807) is 0 Å². The lowest BCUT2D eigenvalue weighted by atomic mass is 10.0. The number of hydrogen-bond donors (Lipinski definition) is 1. The van der Waals surface area contributed by atoms with Crippen LogP contribution in [0.2, 0.25) is 0 Å². The third-order valence-corrected chi connectivity index (χ3v) is 4.28. The molecule has 1 N–H and O–H groups in total. The third kappa shape index (κ3) is 3.44. The van der Waals surface area contributed by atoms with Gasteiger partial charge < -0.3 is 5.32 Å². The van der Waals surface area contributed by atoms with Crippen LogP contribution in [0, 0.1) is 6.92 Å². The Morgan fingerprint density at radius 3 is 2.56 bits per heavy atom. The molecule has 1 aromatic heterocycles. The van der Waals surface area contributed by atoms with Crippen molar-refractivity contribution in [1.82, 2.24) is 5.32 Å². The molecule has 0 saturated heterocycles. The fourth-order valence-corrected chi connectivity index (χ4v) is 3.02. The summed E-state index contributed by atoms with van der Waals surface area (Å²) < 4.78 is 0. The van der Waals surface area contributed by atoms with Gasteiger partial charge in [0.15, 0.2) is 0 Å². The lowest BCUT2D eigenvalue weighted by molar-refractivity contribution is 0.495. The molecular formula is C16H21NS. The van der Waals surface area contributed by atoms with Gasteiger partial charge >= 0.3 is 0 Å². The first-order valence-corrected chi connectivity index (χ1v) is 7.50. The molecule has 0 spiro atoms. The molecule has 1 unspecified atom stereocenters. The molecule has 0 amide bonds. The Morgan fingerprint density at radius 1 is 1.17 bits per heavy atom. The van der Waals surface area contributed by atoms with Crippen LogP contribution < -0.4 is 5.32 Å². The Labute approximate surface area is 114 Å². The molecule has 2 rings (SSSR count). The number of nitrogens with one attached hydrogen (secondary N) is 1. The average Bonchev–Trinajstić information content (AvgIpc) is 2.81. The molecule has 2 heteroatoms. The largest absolute Gasteiger partial charge is 0.305 e. The van der Waals surface area contributed by atoms with Gasteiger partial charge in [0, 0.05) is 17.5 Å². The molecule has 0 aliphatic heterocycles. The molecule has 1 aromatic carbocycles. The summed E-state index contributed by atoms with van der Waals surface area (Å²) in [4.78, 5) is 1.45. The Bertz CT molecular complexity index is 461. The van der Waals surface area contributed by atoms with Crippen LogP contribution in [-0.2, 0) is 6.54 Å². The van der Waals surface area contributed by atoms with Crippen molar-refractivity contribution in [2.75, 3.05) is 0 Å². The minimum absolute atomic E-state index is 0.470. The van der Waals surface area contributed by atoms with Crippen LogP contribution in [0.15, 0.2) is 41.8 Å². The van der Waals surface area contributed by atoms with Gasteiger partial charge in [-0.05, 0) is 35.9 Å². The van der Waals surface area contributed by atoms with Gasteiger partial charge in [0.2, 0.25) is 0 Å². The molecule has 0 fully saturated rings. The molecule has 0 bridgehead atoms. The van der Waals surface area contributed by atoms with E-state index in [4.69, 9.17) is 0 Å². The quantitative estimate of drug-likeness (QED) is 0.793. The van der Waals surface area contributed by atoms with Crippen molar-refractivity contribution in [2.24, 2.45) is 0 Å². The van der Waals surface area contributed by atoms with Gasteiger partial charge in [-0.2, -0.15) is 0 Å². The smallest absolute Gasteiger partial charge is 0.0323 e. The van der Waals surface area contributed by atoms with E-state index in [9.17, 15) is 0 Å². The van der Waals surface area contributed by atoms with Crippen LogP contribution in [-0.4, -0.2) is 0 Å². The Balaban J connectivity index is 2.01. The third-order valence-electron chi connectivity index (χ3n) is 3.26. The van der Waals surface area contributed by atoms with Crippen LogP contribution >= 0.6 is 11.3 Å². The maximum Gasteiger partial charge on any atom is 0.0323 e. The standard InChI is InChI=1S/C16H21NS/c1-3-7-15(14-8-5-4-6-9-14)17-12-16-13(2)10-11-18-16/h4-6,8-11,15,17H,3,7,12H2,1-2H3. The number of rotatable bonds is 6. The van der Waals surface area contributed by atoms with Gasteiger partial charge in [0.25, 0.3) is 0 Å². The number of benzene rings is 1. The van der Waals surface area contributed by atoms with Crippen LogP contribution in [0.1, 0.15) is 41.8 Å². The van der Waals surface area contributed by atoms with Crippen LogP contribution in [0.5, 0.6) is 0 Å². The Kier molecular flexibility index (Phi) is 4.97. The molecule has 96 valence electrons. The fourth-order valence-electron chi connectivity index (χ4n) is 2.16. The first-order valence-electron chi connectivity index (χ1n) is 6.62. The van der Waals surface area contributed by atoms with E-state index in [0.29, 0.717) is 6.04 Å². The van der Waals surface area contributed by atoms with Gasteiger partial charge in [-0.1, -0.05) is 43.7 Å². The minimum Gasteiger partial charge on any atom is -0.305 e. The summed E-state index contributed by atoms with van der Waals surface area (Å²) >= 11 is 1.84. The van der Waals surface area contributed by atoms with Crippen LogP contribution in [0.3, 0.4) is 0 Å². The predicted molar refractivity (Wildman–Crippen MR) is 80.0 cm³/mol. The van der Waals surface area contributed by atoms with Crippen LogP contribution in [0.4, 0.5) is 0 Å². The van der Waals surface area contributed by atoms with Crippen molar-refractivity contribution >= 4 is 11.3 Å². The molecule has 0 radical (unpaired) electrons. The topological polar surface area (TPSA) is 12.0 Å². The molecule has 0 aliphatic carbocycles. The van der Waals surface area contributed by atoms with Crippen molar-refractivity contribution in [3.8, 4) is 0 Å². The predicted octanol–water partition coefficient (Wildman–Crippen LogP) is 4.69. The van der Waals surface area contributed by atoms with Crippen molar-refractivity contribution in [3.63, 3.8) is 0 Å². The van der Waals surface area contributed by atoms with Crippen molar-refractivity contribution in [1.29, 1.82) is 0 Å². The van der Waals surface area contributed by atoms with E-state index in [1.165, 1.54) is 28.8 Å². The summed E-state index contributed by atoms with van der Waals surface area (Å²) in [6.07, 6.45) is 2.39. The second-order valence-corrected chi connectivity index (χ2v) is 5.66. The highest BCUT2D eigenvalue weighted by Crippen LogP contribution is 2.21. The summed E-state index contributed by atoms with van der Waals surface area (Å²) in [6, 6.07) is 13.4. The lowest BCUT2D eigenvalue weighted by Crippen LogP contribution is -2.20. The first-order chi connectivity index (χ1) is 8.81. The lowest BCUT2D eigenvalue weighted by Gasteiger charge is -2.18. The maximum absolute atomic E-state index is 3.69. The zero-order valence-corrected chi connectivity index (χ0v) is 12.0. The number of hydrogen-bond acceptors (Lipinski definition) is 2. The highest BCUT2D eigenvalue weighted by molar-refractivity contribution is 7.10. The summed E-state index contributed by atoms with van der Waals surface area (Å²) in [7, 11) is 0. The summed E-state index contributed by atoms with van der Waals surface area (Å²) in [5, 5.41) is 5.86. The highest BCUT2D eigenvalue weighted by Gasteiger charge is 2.10. The Hall–Kier alpha value is -1.12. The second-order valence-electron chi connectivity index (χ2n) is 4.66. The zero-order valence-electron chi connectivity index (χ0n) is 11.1. The number of thiophene rings is 1. The van der Waals surface area contributed by atoms with E-state index in [1.807, 2.05) is 11.3 Å². The average molecular weight is 259 g/mol. The first kappa shape index (κ1) is 13.3. The monoisotopic (exact) mass is 259 g/mol. The van der Waals surface area contributed by atoms with E-state index in [0.717, 1.165) is 6.54 Å². The summed E-state index contributed by atoms with van der Waals surface area (Å²) in [5.41, 5.74) is 2.80. The van der Waals surface area contributed by atoms with Gasteiger partial charge in [-0.15, -0.1) is 11.3 Å². The normalized spacial score (nSPS) is 12.6. The van der Waals surface area contributed by atoms with Crippen molar-refractivity contribution in [3.05, 3.63) is 57.8 Å². The SMILES string of the molecule is CCCC(NCc1sccc1C)c1ccccc1. The van der Waals surface area contributed by atoms with Gasteiger partial charge in [0.05, 0.1) is 0 Å². The molecular weight excluding hydrogens is 238 g/mol. The summed E-state index contributed by atoms with van der Waals surface area (Å²) in [6.45, 7) is 5.40. The van der Waals surface area contributed by atoms with Crippen molar-refractivity contribution in [2.45, 2.75) is 39.3 Å². The van der Waals surface area contributed by atoms with E-state index in [2.05, 4.69) is 60.9 Å². The fraction of sp³-hybridized carbons (Fsp3) is 0.375. The molecule has 2 aromatic rings. The minimum atomic E-state index is 0.470.